The summed E-state index contributed by atoms with van der Waals surface area (Å²) in [5.41, 5.74) is 1.20. The quantitative estimate of drug-likeness (QED) is 0.906. The summed E-state index contributed by atoms with van der Waals surface area (Å²) in [6.45, 7) is 3.27. The summed E-state index contributed by atoms with van der Waals surface area (Å²) in [5.74, 6) is 0.617. The minimum Gasteiger partial charge on any atom is -0.347 e. The second kappa shape index (κ2) is 4.98. The Morgan fingerprint density at radius 2 is 2.53 bits per heavy atom. The van der Waals surface area contributed by atoms with E-state index in [1.165, 1.54) is 30.1 Å². The molecule has 0 bridgehead atoms. The Hall–Kier alpha value is -1.20. The third-order valence-corrected chi connectivity index (χ3v) is 4.19. The zero-order valence-electron chi connectivity index (χ0n) is 9.67. The highest BCUT2D eigenvalue weighted by molar-refractivity contribution is 7.09. The van der Waals surface area contributed by atoms with Gasteiger partial charge in [-0.1, -0.05) is 0 Å². The zero-order chi connectivity index (χ0) is 11.5. The number of imidazole rings is 1. The van der Waals surface area contributed by atoms with Gasteiger partial charge in [-0.2, -0.15) is 0 Å². The van der Waals surface area contributed by atoms with Gasteiger partial charge in [0.15, 0.2) is 0 Å². The fourth-order valence-electron chi connectivity index (χ4n) is 2.45. The van der Waals surface area contributed by atoms with Crippen LogP contribution < -0.4 is 0 Å². The van der Waals surface area contributed by atoms with Crippen LogP contribution in [0.2, 0.25) is 0 Å². The number of aromatic nitrogens is 3. The minimum absolute atomic E-state index is 0.617. The number of thiazole rings is 1. The van der Waals surface area contributed by atoms with Crippen LogP contribution in [-0.2, 0) is 6.54 Å². The Morgan fingerprint density at radius 1 is 1.53 bits per heavy atom. The highest BCUT2D eigenvalue weighted by Gasteiger charge is 2.23. The lowest BCUT2D eigenvalue weighted by molar-refractivity contribution is 0.198. The van der Waals surface area contributed by atoms with Gasteiger partial charge in [0.2, 0.25) is 0 Å². The van der Waals surface area contributed by atoms with Gasteiger partial charge in [-0.05, 0) is 19.4 Å². The van der Waals surface area contributed by atoms with Crippen LogP contribution >= 0.6 is 11.3 Å². The zero-order valence-corrected chi connectivity index (χ0v) is 10.5. The molecule has 0 amide bonds. The fourth-order valence-corrected chi connectivity index (χ4v) is 3.22. The standard InChI is InChI=1S/C12H16N4S/c1-2-10(12-14-3-5-17-12)7-16(4-1)8-11-6-13-9-15-11/h3,5-6,9-10H,1-2,4,7-8H2,(H,13,15). The maximum absolute atomic E-state index is 4.44. The maximum atomic E-state index is 4.44. The second-order valence-electron chi connectivity index (χ2n) is 4.52. The predicted octanol–water partition coefficient (Wildman–Crippen LogP) is 2.25. The van der Waals surface area contributed by atoms with Crippen molar-refractivity contribution >= 4 is 11.3 Å². The van der Waals surface area contributed by atoms with Crippen molar-refractivity contribution in [3.63, 3.8) is 0 Å². The third kappa shape index (κ3) is 2.56. The summed E-state index contributed by atoms with van der Waals surface area (Å²) in [6, 6.07) is 0. The molecule has 1 atom stereocenters. The first-order valence-electron chi connectivity index (χ1n) is 6.01. The topological polar surface area (TPSA) is 44.8 Å². The summed E-state index contributed by atoms with van der Waals surface area (Å²) in [4.78, 5) is 14.2. The largest absolute Gasteiger partial charge is 0.347 e. The van der Waals surface area contributed by atoms with Crippen LogP contribution in [0.3, 0.4) is 0 Å². The van der Waals surface area contributed by atoms with Gasteiger partial charge in [0, 0.05) is 42.5 Å². The summed E-state index contributed by atoms with van der Waals surface area (Å²) in [6.07, 6.45) is 8.10. The average Bonchev–Trinajstić information content (AvgIpc) is 3.01. The predicted molar refractivity (Wildman–Crippen MR) is 68.0 cm³/mol. The molecule has 0 radical (unpaired) electrons. The molecule has 3 rings (SSSR count). The molecule has 1 unspecified atom stereocenters. The fraction of sp³-hybridized carbons (Fsp3) is 0.500. The SMILES string of the molecule is c1csc(C2CCCN(Cc3cnc[nH]3)C2)n1. The molecule has 1 aliphatic heterocycles. The van der Waals surface area contributed by atoms with E-state index in [0.717, 1.165) is 13.1 Å². The van der Waals surface area contributed by atoms with Crippen LogP contribution in [0.4, 0.5) is 0 Å². The Balaban J connectivity index is 1.64. The molecule has 17 heavy (non-hydrogen) atoms. The number of H-pyrrole nitrogens is 1. The van der Waals surface area contributed by atoms with Gasteiger partial charge >= 0.3 is 0 Å². The Labute approximate surface area is 105 Å². The van der Waals surface area contributed by atoms with Gasteiger partial charge in [-0.3, -0.25) is 4.90 Å². The first-order chi connectivity index (χ1) is 8.42. The van der Waals surface area contributed by atoms with Crippen LogP contribution in [0.5, 0.6) is 0 Å². The minimum atomic E-state index is 0.617. The monoisotopic (exact) mass is 248 g/mol. The number of nitrogens with zero attached hydrogens (tertiary/aromatic N) is 3. The molecular formula is C12H16N4S. The molecular weight excluding hydrogens is 232 g/mol. The number of hydrogen-bond acceptors (Lipinski definition) is 4. The van der Waals surface area contributed by atoms with Crippen molar-refractivity contribution in [2.45, 2.75) is 25.3 Å². The molecule has 0 spiro atoms. The highest BCUT2D eigenvalue weighted by atomic mass is 32.1. The van der Waals surface area contributed by atoms with E-state index in [0.29, 0.717) is 5.92 Å². The molecule has 2 aromatic heterocycles. The Kier molecular flexibility index (Phi) is 3.20. The number of likely N-dealkylation sites (tertiary alicyclic amines) is 1. The van der Waals surface area contributed by atoms with Gasteiger partial charge in [0.1, 0.15) is 0 Å². The van der Waals surface area contributed by atoms with E-state index in [9.17, 15) is 0 Å². The number of hydrogen-bond donors (Lipinski definition) is 1. The van der Waals surface area contributed by atoms with E-state index >= 15 is 0 Å². The van der Waals surface area contributed by atoms with Crippen LogP contribution in [0.25, 0.3) is 0 Å². The van der Waals surface area contributed by atoms with Crippen molar-refractivity contribution in [1.82, 2.24) is 19.9 Å². The van der Waals surface area contributed by atoms with Crippen molar-refractivity contribution in [2.24, 2.45) is 0 Å². The van der Waals surface area contributed by atoms with Crippen LogP contribution in [0, 0.1) is 0 Å². The molecule has 1 saturated heterocycles. The van der Waals surface area contributed by atoms with E-state index in [4.69, 9.17) is 0 Å². The first kappa shape index (κ1) is 10.9. The Morgan fingerprint density at radius 3 is 3.29 bits per heavy atom. The second-order valence-corrected chi connectivity index (χ2v) is 5.45. The molecule has 90 valence electrons. The van der Waals surface area contributed by atoms with Crippen LogP contribution in [-0.4, -0.2) is 32.9 Å². The maximum Gasteiger partial charge on any atom is 0.0968 e. The van der Waals surface area contributed by atoms with Crippen molar-refractivity contribution < 1.29 is 0 Å². The molecule has 1 fully saturated rings. The van der Waals surface area contributed by atoms with Gasteiger partial charge < -0.3 is 4.98 Å². The summed E-state index contributed by atoms with van der Waals surface area (Å²) >= 11 is 1.78. The van der Waals surface area contributed by atoms with Gasteiger partial charge in [0.25, 0.3) is 0 Å². The summed E-state index contributed by atoms with van der Waals surface area (Å²) in [7, 11) is 0. The van der Waals surface area contributed by atoms with Crippen molar-refractivity contribution in [1.29, 1.82) is 0 Å². The molecule has 0 saturated carbocycles. The lowest BCUT2D eigenvalue weighted by atomic mass is 9.99. The number of piperidine rings is 1. The number of aromatic amines is 1. The summed E-state index contributed by atoms with van der Waals surface area (Å²) in [5, 5.41) is 3.36. The van der Waals surface area contributed by atoms with Crippen molar-refractivity contribution in [3.05, 3.63) is 34.8 Å². The molecule has 1 N–H and O–H groups in total. The number of nitrogens with one attached hydrogen (secondary N) is 1. The summed E-state index contributed by atoms with van der Waals surface area (Å²) < 4.78 is 0. The lowest BCUT2D eigenvalue weighted by Gasteiger charge is -2.31. The third-order valence-electron chi connectivity index (χ3n) is 3.25. The van der Waals surface area contributed by atoms with Gasteiger partial charge in [-0.15, -0.1) is 11.3 Å². The van der Waals surface area contributed by atoms with Crippen LogP contribution in [0.15, 0.2) is 24.1 Å². The van der Waals surface area contributed by atoms with Crippen molar-refractivity contribution in [3.8, 4) is 0 Å². The van der Waals surface area contributed by atoms with Gasteiger partial charge in [0.05, 0.1) is 11.3 Å². The molecule has 4 nitrogen and oxygen atoms in total. The van der Waals surface area contributed by atoms with E-state index < -0.39 is 0 Å². The molecule has 1 aliphatic rings. The van der Waals surface area contributed by atoms with Gasteiger partial charge in [-0.25, -0.2) is 9.97 Å². The molecule has 2 aromatic rings. The average molecular weight is 248 g/mol. The first-order valence-corrected chi connectivity index (χ1v) is 6.89. The Bertz CT molecular complexity index is 437. The van der Waals surface area contributed by atoms with Crippen LogP contribution in [0.1, 0.15) is 29.5 Å². The highest BCUT2D eigenvalue weighted by Crippen LogP contribution is 2.28. The molecule has 3 heterocycles. The molecule has 0 aliphatic carbocycles. The smallest absolute Gasteiger partial charge is 0.0968 e. The van der Waals surface area contributed by atoms with E-state index in [-0.39, 0.29) is 0 Å². The van der Waals surface area contributed by atoms with E-state index in [1.807, 2.05) is 12.4 Å². The lowest BCUT2D eigenvalue weighted by Crippen LogP contribution is -2.33. The van der Waals surface area contributed by atoms with E-state index in [2.05, 4.69) is 25.2 Å². The number of rotatable bonds is 3. The molecule has 0 aromatic carbocycles. The normalized spacial score (nSPS) is 21.8. The van der Waals surface area contributed by atoms with Crippen molar-refractivity contribution in [2.75, 3.05) is 13.1 Å². The molecule has 5 heteroatoms. The van der Waals surface area contributed by atoms with E-state index in [1.54, 1.807) is 17.7 Å².